The molecule has 0 aliphatic carbocycles. The van der Waals surface area contributed by atoms with Gasteiger partial charge >= 0.3 is 11.9 Å². The molecule has 0 rings (SSSR count). The van der Waals surface area contributed by atoms with Crippen LogP contribution in [-0.2, 0) is 23.9 Å². The standard InChI is InChI=1S/C29H54N2O5.2C3H8/c1-6-10-12-13-14-16-18-28(33)35-24-22-31(27(32)19-21-30(5)20-8-3)23-25-36-29(34)26(9-4)17-15-11-7-2;2*1-3-2/h10,12,26H,6-9,11,13-25H2,1-5H3;2*3H2,1-2H3/b12-10-;;. The molecule has 1 atom stereocenters. The van der Waals surface area contributed by atoms with Crippen LogP contribution in [0.5, 0.6) is 0 Å². The van der Waals surface area contributed by atoms with Crippen molar-refractivity contribution in [1.29, 1.82) is 0 Å². The number of hydrogen-bond donors (Lipinski definition) is 0. The summed E-state index contributed by atoms with van der Waals surface area (Å²) in [6.45, 7) is 19.4. The van der Waals surface area contributed by atoms with E-state index in [0.29, 0.717) is 32.5 Å². The van der Waals surface area contributed by atoms with E-state index in [1.165, 1.54) is 12.8 Å². The van der Waals surface area contributed by atoms with E-state index in [2.05, 4.69) is 65.5 Å². The van der Waals surface area contributed by atoms with Crippen LogP contribution in [0, 0.1) is 5.92 Å². The summed E-state index contributed by atoms with van der Waals surface area (Å²) in [6.07, 6.45) is 17.2. The van der Waals surface area contributed by atoms with Crippen LogP contribution in [0.15, 0.2) is 12.2 Å². The van der Waals surface area contributed by atoms with Crippen molar-refractivity contribution in [3.8, 4) is 0 Å². The number of rotatable bonds is 23. The molecule has 0 spiro atoms. The number of nitrogens with zero attached hydrogens (tertiary/aromatic N) is 2. The number of carbonyl (C=O) groups excluding carboxylic acids is 3. The number of amides is 1. The zero-order chi connectivity index (χ0) is 32.4. The monoisotopic (exact) mass is 599 g/mol. The second kappa shape index (κ2) is 35.3. The molecule has 0 saturated heterocycles. The lowest BCUT2D eigenvalue weighted by atomic mass is 9.99. The summed E-state index contributed by atoms with van der Waals surface area (Å²) >= 11 is 0. The van der Waals surface area contributed by atoms with Crippen molar-refractivity contribution >= 4 is 17.8 Å². The Morgan fingerprint density at radius 3 is 1.86 bits per heavy atom. The average molecular weight is 599 g/mol. The van der Waals surface area contributed by atoms with Crippen molar-refractivity contribution in [2.24, 2.45) is 5.92 Å². The van der Waals surface area contributed by atoms with E-state index < -0.39 is 0 Å². The van der Waals surface area contributed by atoms with Crippen molar-refractivity contribution in [1.82, 2.24) is 9.80 Å². The Morgan fingerprint density at radius 1 is 0.690 bits per heavy atom. The average Bonchev–Trinajstić information content (AvgIpc) is 2.96. The summed E-state index contributed by atoms with van der Waals surface area (Å²) in [5.74, 6) is -0.498. The Labute approximate surface area is 261 Å². The predicted octanol–water partition coefficient (Wildman–Crippen LogP) is 8.60. The number of ether oxygens (including phenoxy) is 2. The molecular formula is C35H70N2O5. The molecule has 250 valence electrons. The van der Waals surface area contributed by atoms with E-state index in [-0.39, 0.29) is 37.0 Å². The number of hydrogen-bond acceptors (Lipinski definition) is 6. The Bertz CT molecular complexity index is 637. The highest BCUT2D eigenvalue weighted by Gasteiger charge is 2.19. The molecule has 1 amide bonds. The lowest BCUT2D eigenvalue weighted by Gasteiger charge is -2.24. The first-order valence-electron chi connectivity index (χ1n) is 17.2. The Balaban J connectivity index is -0.00000231. The molecule has 0 aliphatic rings. The normalized spacial score (nSPS) is 11.3. The molecule has 0 radical (unpaired) electrons. The maximum absolute atomic E-state index is 12.9. The number of unbranched alkanes of at least 4 members (excludes halogenated alkanes) is 4. The number of esters is 2. The third-order valence-corrected chi connectivity index (χ3v) is 6.28. The maximum atomic E-state index is 12.9. The van der Waals surface area contributed by atoms with Gasteiger partial charge in [-0.3, -0.25) is 14.4 Å². The maximum Gasteiger partial charge on any atom is 0.308 e. The first-order chi connectivity index (χ1) is 20.2. The molecule has 0 aromatic carbocycles. The minimum Gasteiger partial charge on any atom is -0.464 e. The zero-order valence-electron chi connectivity index (χ0n) is 29.3. The number of carbonyl (C=O) groups is 3. The Morgan fingerprint density at radius 2 is 1.31 bits per heavy atom. The quantitative estimate of drug-likeness (QED) is 0.0666. The summed E-state index contributed by atoms with van der Waals surface area (Å²) in [5, 5.41) is 0. The van der Waals surface area contributed by atoms with Gasteiger partial charge in [-0.1, -0.05) is 99.6 Å². The van der Waals surface area contributed by atoms with Gasteiger partial charge in [0.25, 0.3) is 0 Å². The molecule has 0 saturated carbocycles. The molecular weight excluding hydrogens is 528 g/mol. The van der Waals surface area contributed by atoms with Crippen molar-refractivity contribution in [3.63, 3.8) is 0 Å². The highest BCUT2D eigenvalue weighted by Crippen LogP contribution is 2.15. The minimum absolute atomic E-state index is 0.0113. The molecule has 0 heterocycles. The lowest BCUT2D eigenvalue weighted by molar-refractivity contribution is -0.151. The van der Waals surface area contributed by atoms with Gasteiger partial charge in [-0.05, 0) is 58.5 Å². The van der Waals surface area contributed by atoms with Crippen LogP contribution in [0.25, 0.3) is 0 Å². The van der Waals surface area contributed by atoms with Gasteiger partial charge in [0.05, 0.1) is 19.0 Å². The predicted molar refractivity (Wildman–Crippen MR) is 179 cm³/mol. The van der Waals surface area contributed by atoms with E-state index >= 15 is 0 Å². The zero-order valence-corrected chi connectivity index (χ0v) is 29.3. The van der Waals surface area contributed by atoms with Gasteiger partial charge in [-0.25, -0.2) is 0 Å². The molecule has 0 N–H and O–H groups in total. The van der Waals surface area contributed by atoms with Crippen molar-refractivity contribution in [2.45, 2.75) is 145 Å². The van der Waals surface area contributed by atoms with Gasteiger partial charge in [0.2, 0.25) is 5.91 Å². The summed E-state index contributed by atoms with van der Waals surface area (Å²) in [7, 11) is 2.01. The van der Waals surface area contributed by atoms with Crippen LogP contribution in [0.1, 0.15) is 145 Å². The summed E-state index contributed by atoms with van der Waals surface area (Å²) < 4.78 is 10.9. The van der Waals surface area contributed by atoms with Crippen LogP contribution in [0.3, 0.4) is 0 Å². The minimum atomic E-state index is -0.228. The van der Waals surface area contributed by atoms with Crippen LogP contribution >= 0.6 is 0 Å². The molecule has 1 unspecified atom stereocenters. The van der Waals surface area contributed by atoms with E-state index in [9.17, 15) is 14.4 Å². The van der Waals surface area contributed by atoms with Crippen molar-refractivity contribution in [3.05, 3.63) is 12.2 Å². The fourth-order valence-corrected chi connectivity index (χ4v) is 3.96. The van der Waals surface area contributed by atoms with Gasteiger partial charge in [-0.15, -0.1) is 0 Å². The van der Waals surface area contributed by atoms with Crippen molar-refractivity contribution < 1.29 is 23.9 Å². The lowest BCUT2D eigenvalue weighted by Crippen LogP contribution is -2.39. The van der Waals surface area contributed by atoms with Crippen LogP contribution in [-0.4, -0.2) is 74.1 Å². The second-order valence-corrected chi connectivity index (χ2v) is 11.0. The van der Waals surface area contributed by atoms with E-state index in [0.717, 1.165) is 70.8 Å². The van der Waals surface area contributed by atoms with Gasteiger partial charge in [0.1, 0.15) is 13.2 Å². The smallest absolute Gasteiger partial charge is 0.308 e. The Kier molecular flexibility index (Phi) is 37.5. The third-order valence-electron chi connectivity index (χ3n) is 6.28. The Hall–Kier alpha value is -1.89. The molecule has 0 aromatic rings. The van der Waals surface area contributed by atoms with E-state index in [1.54, 1.807) is 4.90 Å². The third kappa shape index (κ3) is 31.1. The topological polar surface area (TPSA) is 76.1 Å². The van der Waals surface area contributed by atoms with E-state index in [1.807, 2.05) is 14.0 Å². The molecule has 7 nitrogen and oxygen atoms in total. The first-order valence-corrected chi connectivity index (χ1v) is 17.2. The van der Waals surface area contributed by atoms with Gasteiger partial charge in [-0.2, -0.15) is 0 Å². The second-order valence-electron chi connectivity index (χ2n) is 11.0. The van der Waals surface area contributed by atoms with Crippen molar-refractivity contribution in [2.75, 3.05) is 46.4 Å². The van der Waals surface area contributed by atoms with Crippen LogP contribution in [0.2, 0.25) is 0 Å². The van der Waals surface area contributed by atoms with Gasteiger partial charge in [0.15, 0.2) is 0 Å². The largest absolute Gasteiger partial charge is 0.464 e. The van der Waals surface area contributed by atoms with E-state index in [4.69, 9.17) is 9.47 Å². The number of allylic oxidation sites excluding steroid dienone is 2. The van der Waals surface area contributed by atoms with Crippen LogP contribution < -0.4 is 0 Å². The SMILES string of the molecule is CC/C=C\CCCCC(=O)OCCN(CCOC(=O)C(CC)CCCCC)C(=O)CCN(C)CCC.CCC.CCC. The first kappa shape index (κ1) is 44.5. The molecule has 0 aromatic heterocycles. The molecule has 7 heteroatoms. The molecule has 42 heavy (non-hydrogen) atoms. The summed E-state index contributed by atoms with van der Waals surface area (Å²) in [6, 6.07) is 0. The highest BCUT2D eigenvalue weighted by atomic mass is 16.5. The fraction of sp³-hybridized carbons (Fsp3) is 0.857. The molecule has 0 aliphatic heterocycles. The highest BCUT2D eigenvalue weighted by molar-refractivity contribution is 5.76. The fourth-order valence-electron chi connectivity index (χ4n) is 3.96. The summed E-state index contributed by atoms with van der Waals surface area (Å²) in [4.78, 5) is 41.2. The van der Waals surface area contributed by atoms with Gasteiger partial charge < -0.3 is 19.3 Å². The van der Waals surface area contributed by atoms with Gasteiger partial charge in [0, 0.05) is 19.4 Å². The molecule has 0 fully saturated rings. The molecule has 0 bridgehead atoms. The van der Waals surface area contributed by atoms with Crippen LogP contribution in [0.4, 0.5) is 0 Å². The summed E-state index contributed by atoms with van der Waals surface area (Å²) in [5.41, 5.74) is 0.